The number of rotatable bonds is 12. The Morgan fingerprint density at radius 1 is 0.973 bits per heavy atom. The monoisotopic (exact) mass is 520 g/mol. The van der Waals surface area contributed by atoms with Crippen molar-refractivity contribution in [1.29, 1.82) is 0 Å². The number of nitrogens with zero attached hydrogens (tertiary/aromatic N) is 2. The van der Waals surface area contributed by atoms with Crippen molar-refractivity contribution in [2.45, 2.75) is 20.0 Å². The summed E-state index contributed by atoms with van der Waals surface area (Å²) in [4.78, 5) is 24.3. The number of benzene rings is 2. The Labute approximate surface area is 211 Å². The number of halogens is 3. The molecular weight excluding hydrogens is 493 g/mol. The van der Waals surface area contributed by atoms with Crippen molar-refractivity contribution in [3.8, 4) is 17.2 Å². The van der Waals surface area contributed by atoms with E-state index in [0.717, 1.165) is 16.6 Å². The SMILES string of the molecule is CCOC(=O)COc1ccccc1-n1cc(C(=O)NCCNc2ccc(OCC)cc2)c(C(F)(F)F)n1. The molecule has 2 N–H and O–H groups in total. The summed E-state index contributed by atoms with van der Waals surface area (Å²) in [5, 5.41) is 9.15. The molecule has 0 saturated carbocycles. The van der Waals surface area contributed by atoms with E-state index in [4.69, 9.17) is 14.2 Å². The maximum Gasteiger partial charge on any atom is 0.435 e. The number of alkyl halides is 3. The van der Waals surface area contributed by atoms with E-state index in [9.17, 15) is 22.8 Å². The number of carbonyl (C=O) groups excluding carboxylic acids is 2. The first-order valence-corrected chi connectivity index (χ1v) is 11.5. The number of ether oxygens (including phenoxy) is 3. The average molecular weight is 521 g/mol. The summed E-state index contributed by atoms with van der Waals surface area (Å²) in [5.41, 5.74) is -1.10. The summed E-state index contributed by atoms with van der Waals surface area (Å²) in [6.45, 7) is 4.12. The van der Waals surface area contributed by atoms with Gasteiger partial charge >= 0.3 is 12.1 Å². The van der Waals surface area contributed by atoms with Crippen LogP contribution >= 0.6 is 0 Å². The van der Waals surface area contributed by atoms with E-state index in [-0.39, 0.29) is 31.1 Å². The molecule has 3 aromatic rings. The fourth-order valence-corrected chi connectivity index (χ4v) is 3.29. The number of esters is 1. The van der Waals surface area contributed by atoms with Crippen LogP contribution in [0, 0.1) is 0 Å². The largest absolute Gasteiger partial charge is 0.494 e. The van der Waals surface area contributed by atoms with Gasteiger partial charge in [0, 0.05) is 25.0 Å². The normalized spacial score (nSPS) is 11.1. The number of aromatic nitrogens is 2. The van der Waals surface area contributed by atoms with Crippen molar-refractivity contribution >= 4 is 17.6 Å². The molecule has 12 heteroatoms. The zero-order chi connectivity index (χ0) is 26.8. The molecule has 1 heterocycles. The summed E-state index contributed by atoms with van der Waals surface area (Å²) in [6, 6.07) is 13.2. The summed E-state index contributed by atoms with van der Waals surface area (Å²) >= 11 is 0. The predicted octanol–water partition coefficient (Wildman–Crippen LogP) is 4.07. The third kappa shape index (κ3) is 7.63. The minimum absolute atomic E-state index is 0.0633. The molecule has 0 aliphatic rings. The van der Waals surface area contributed by atoms with Crippen molar-refractivity contribution in [2.24, 2.45) is 0 Å². The number of para-hydroxylation sites is 2. The number of carbonyl (C=O) groups is 2. The lowest BCUT2D eigenvalue weighted by Gasteiger charge is -2.11. The Hall–Kier alpha value is -4.22. The van der Waals surface area contributed by atoms with Gasteiger partial charge in [-0.2, -0.15) is 18.3 Å². The van der Waals surface area contributed by atoms with Gasteiger partial charge in [-0.3, -0.25) is 4.79 Å². The molecule has 0 aliphatic heterocycles. The Morgan fingerprint density at radius 2 is 1.70 bits per heavy atom. The third-order valence-electron chi connectivity index (χ3n) is 4.90. The van der Waals surface area contributed by atoms with Gasteiger partial charge in [0.25, 0.3) is 5.91 Å². The van der Waals surface area contributed by atoms with Crippen LogP contribution in [0.5, 0.6) is 11.5 Å². The Bertz CT molecular complexity index is 1200. The molecule has 0 fully saturated rings. The van der Waals surface area contributed by atoms with Gasteiger partial charge in [0.15, 0.2) is 12.3 Å². The van der Waals surface area contributed by atoms with Gasteiger partial charge in [0.1, 0.15) is 17.2 Å². The molecule has 0 bridgehead atoms. The lowest BCUT2D eigenvalue weighted by atomic mass is 10.2. The second-order valence-electron chi connectivity index (χ2n) is 7.54. The second kappa shape index (κ2) is 12.7. The number of nitrogens with one attached hydrogen (secondary N) is 2. The lowest BCUT2D eigenvalue weighted by molar-refractivity contribution is -0.145. The van der Waals surface area contributed by atoms with Crippen LogP contribution in [0.3, 0.4) is 0 Å². The quantitative estimate of drug-likeness (QED) is 0.274. The molecule has 1 aromatic heterocycles. The molecule has 0 spiro atoms. The van der Waals surface area contributed by atoms with Gasteiger partial charge in [-0.15, -0.1) is 0 Å². The minimum atomic E-state index is -4.88. The van der Waals surface area contributed by atoms with Crippen molar-refractivity contribution in [1.82, 2.24) is 15.1 Å². The molecule has 198 valence electrons. The highest BCUT2D eigenvalue weighted by atomic mass is 19.4. The van der Waals surface area contributed by atoms with Crippen molar-refractivity contribution in [2.75, 3.05) is 38.2 Å². The highest BCUT2D eigenvalue weighted by Gasteiger charge is 2.39. The van der Waals surface area contributed by atoms with Crippen LogP contribution in [0.25, 0.3) is 5.69 Å². The van der Waals surface area contributed by atoms with Crippen LogP contribution in [0.4, 0.5) is 18.9 Å². The van der Waals surface area contributed by atoms with Crippen LogP contribution in [0.1, 0.15) is 29.9 Å². The van der Waals surface area contributed by atoms with Crippen LogP contribution in [0.15, 0.2) is 54.7 Å². The highest BCUT2D eigenvalue weighted by molar-refractivity contribution is 5.95. The van der Waals surface area contributed by atoms with E-state index >= 15 is 0 Å². The molecule has 0 unspecified atom stereocenters. The Kier molecular flexibility index (Phi) is 9.36. The fourth-order valence-electron chi connectivity index (χ4n) is 3.29. The van der Waals surface area contributed by atoms with Gasteiger partial charge < -0.3 is 24.8 Å². The van der Waals surface area contributed by atoms with E-state index in [0.29, 0.717) is 12.4 Å². The van der Waals surface area contributed by atoms with Gasteiger partial charge in [-0.25, -0.2) is 9.48 Å². The first-order valence-electron chi connectivity index (χ1n) is 11.5. The van der Waals surface area contributed by atoms with Crippen LogP contribution in [0.2, 0.25) is 0 Å². The van der Waals surface area contributed by atoms with E-state index in [1.807, 2.05) is 6.92 Å². The van der Waals surface area contributed by atoms with Gasteiger partial charge in [-0.1, -0.05) is 12.1 Å². The number of amides is 1. The molecule has 9 nitrogen and oxygen atoms in total. The molecule has 2 aromatic carbocycles. The molecular formula is C25H27F3N4O5. The van der Waals surface area contributed by atoms with Crippen molar-refractivity contribution in [3.63, 3.8) is 0 Å². The maximum atomic E-state index is 13.7. The van der Waals surface area contributed by atoms with Crippen LogP contribution in [-0.4, -0.2) is 54.6 Å². The number of hydrogen-bond acceptors (Lipinski definition) is 7. The first kappa shape index (κ1) is 27.4. The predicted molar refractivity (Wildman–Crippen MR) is 129 cm³/mol. The van der Waals surface area contributed by atoms with Gasteiger partial charge in [0.05, 0.1) is 18.8 Å². The molecule has 1 amide bonds. The van der Waals surface area contributed by atoms with E-state index in [1.54, 1.807) is 43.3 Å². The topological polar surface area (TPSA) is 104 Å². The standard InChI is InChI=1S/C25H27F3N4O5/c1-3-35-18-11-9-17(10-12-18)29-13-14-30-24(34)19-15-32(31-23(19)25(26,27)28)20-7-5-6-8-21(20)37-16-22(33)36-4-2/h5-12,15,29H,3-4,13-14,16H2,1-2H3,(H,30,34). The third-order valence-corrected chi connectivity index (χ3v) is 4.90. The molecule has 0 radical (unpaired) electrons. The van der Waals surface area contributed by atoms with Crippen molar-refractivity contribution < 1.29 is 37.0 Å². The Balaban J connectivity index is 1.70. The summed E-state index contributed by atoms with van der Waals surface area (Å²) in [7, 11) is 0. The Morgan fingerprint density at radius 3 is 2.38 bits per heavy atom. The first-order chi connectivity index (χ1) is 17.7. The van der Waals surface area contributed by atoms with E-state index in [2.05, 4.69) is 15.7 Å². The lowest BCUT2D eigenvalue weighted by Crippen LogP contribution is -2.30. The minimum Gasteiger partial charge on any atom is -0.494 e. The van der Waals surface area contributed by atoms with E-state index in [1.165, 1.54) is 12.1 Å². The number of anilines is 1. The highest BCUT2D eigenvalue weighted by Crippen LogP contribution is 2.32. The molecule has 0 atom stereocenters. The zero-order valence-electron chi connectivity index (χ0n) is 20.3. The summed E-state index contributed by atoms with van der Waals surface area (Å²) in [6.07, 6.45) is -3.90. The molecule has 37 heavy (non-hydrogen) atoms. The van der Waals surface area contributed by atoms with Crippen molar-refractivity contribution in [3.05, 3.63) is 66.0 Å². The average Bonchev–Trinajstić information content (AvgIpc) is 3.33. The smallest absolute Gasteiger partial charge is 0.435 e. The van der Waals surface area contributed by atoms with Crippen LogP contribution in [-0.2, 0) is 15.7 Å². The summed E-state index contributed by atoms with van der Waals surface area (Å²) in [5.74, 6) is -0.756. The van der Waals surface area contributed by atoms with E-state index < -0.39 is 35.9 Å². The van der Waals surface area contributed by atoms with Gasteiger partial charge in [-0.05, 0) is 50.2 Å². The maximum absolute atomic E-state index is 13.7. The van der Waals surface area contributed by atoms with Crippen LogP contribution < -0.4 is 20.1 Å². The second-order valence-corrected chi connectivity index (χ2v) is 7.54. The molecule has 0 aliphatic carbocycles. The fraction of sp³-hybridized carbons (Fsp3) is 0.320. The molecule has 3 rings (SSSR count). The number of hydrogen-bond donors (Lipinski definition) is 2. The van der Waals surface area contributed by atoms with Gasteiger partial charge in [0.2, 0.25) is 0 Å². The molecule has 0 saturated heterocycles. The zero-order valence-corrected chi connectivity index (χ0v) is 20.3. The summed E-state index contributed by atoms with van der Waals surface area (Å²) < 4.78 is 57.6.